The van der Waals surface area contributed by atoms with E-state index in [1.54, 1.807) is 11.3 Å². The topological polar surface area (TPSA) is 42.2 Å². The maximum atomic E-state index is 4.50. The molecule has 0 spiro atoms. The van der Waals surface area contributed by atoms with Crippen molar-refractivity contribution in [3.05, 3.63) is 41.0 Å². The Bertz CT molecular complexity index is 753. The Morgan fingerprint density at radius 1 is 1.14 bits per heavy atom. The average molecular weight is 298 g/mol. The first-order valence-electron chi connectivity index (χ1n) is 7.45. The molecule has 4 rings (SSSR count). The summed E-state index contributed by atoms with van der Waals surface area (Å²) < 4.78 is 2.28. The van der Waals surface area contributed by atoms with Crippen molar-refractivity contribution in [2.45, 2.75) is 25.7 Å². The largest absolute Gasteiger partial charge is 0.317 e. The third-order valence-electron chi connectivity index (χ3n) is 4.21. The van der Waals surface area contributed by atoms with E-state index in [0.29, 0.717) is 5.92 Å². The summed E-state index contributed by atoms with van der Waals surface area (Å²) in [5.74, 6) is 1.65. The maximum absolute atomic E-state index is 4.50. The minimum Gasteiger partial charge on any atom is -0.317 e. The van der Waals surface area contributed by atoms with Crippen molar-refractivity contribution in [3.8, 4) is 11.3 Å². The summed E-state index contributed by atoms with van der Waals surface area (Å²) in [7, 11) is 0. The number of piperidine rings is 1. The van der Waals surface area contributed by atoms with Crippen LogP contribution in [0.15, 0.2) is 30.3 Å². The SMILES string of the molecule is Cc1sc2nnc(C3CCNCC3)n2c1-c1ccccc1. The lowest BCUT2D eigenvalue weighted by Gasteiger charge is -2.21. The van der Waals surface area contributed by atoms with Gasteiger partial charge in [-0.1, -0.05) is 41.7 Å². The second kappa shape index (κ2) is 5.24. The van der Waals surface area contributed by atoms with Crippen LogP contribution < -0.4 is 5.32 Å². The van der Waals surface area contributed by atoms with E-state index in [4.69, 9.17) is 0 Å². The molecule has 0 unspecified atom stereocenters. The van der Waals surface area contributed by atoms with Crippen LogP contribution >= 0.6 is 11.3 Å². The first-order valence-corrected chi connectivity index (χ1v) is 8.27. The first kappa shape index (κ1) is 13.0. The molecule has 0 aliphatic carbocycles. The average Bonchev–Trinajstić information content (AvgIpc) is 3.07. The van der Waals surface area contributed by atoms with Gasteiger partial charge in [0.2, 0.25) is 4.96 Å². The van der Waals surface area contributed by atoms with E-state index in [1.807, 2.05) is 0 Å². The third-order valence-corrected chi connectivity index (χ3v) is 5.16. The molecular weight excluding hydrogens is 280 g/mol. The van der Waals surface area contributed by atoms with Gasteiger partial charge in [-0.25, -0.2) is 0 Å². The number of fused-ring (bicyclic) bond motifs is 1. The molecule has 0 radical (unpaired) electrons. The van der Waals surface area contributed by atoms with Crippen molar-refractivity contribution in [2.24, 2.45) is 0 Å². The molecule has 108 valence electrons. The van der Waals surface area contributed by atoms with Crippen molar-refractivity contribution >= 4 is 16.3 Å². The highest BCUT2D eigenvalue weighted by atomic mass is 32.1. The molecule has 1 fully saturated rings. The van der Waals surface area contributed by atoms with Crippen LogP contribution in [0.25, 0.3) is 16.2 Å². The fraction of sp³-hybridized carbons (Fsp3) is 0.375. The van der Waals surface area contributed by atoms with Gasteiger partial charge < -0.3 is 5.32 Å². The van der Waals surface area contributed by atoms with Crippen LogP contribution in [-0.2, 0) is 0 Å². The van der Waals surface area contributed by atoms with Gasteiger partial charge in [-0.05, 0) is 38.4 Å². The zero-order valence-electron chi connectivity index (χ0n) is 12.0. The van der Waals surface area contributed by atoms with Gasteiger partial charge in [0.25, 0.3) is 0 Å². The molecule has 3 aromatic rings. The zero-order chi connectivity index (χ0) is 14.2. The highest BCUT2D eigenvalue weighted by molar-refractivity contribution is 7.17. The minimum atomic E-state index is 0.512. The van der Waals surface area contributed by atoms with Crippen LogP contribution in [0.3, 0.4) is 0 Å². The van der Waals surface area contributed by atoms with Crippen LogP contribution in [0.5, 0.6) is 0 Å². The molecule has 21 heavy (non-hydrogen) atoms. The molecule has 2 aromatic heterocycles. The molecular formula is C16H18N4S. The van der Waals surface area contributed by atoms with Crippen molar-refractivity contribution in [1.29, 1.82) is 0 Å². The lowest BCUT2D eigenvalue weighted by Crippen LogP contribution is -2.27. The van der Waals surface area contributed by atoms with E-state index in [9.17, 15) is 0 Å². The molecule has 0 atom stereocenters. The predicted octanol–water partition coefficient (Wildman–Crippen LogP) is 3.23. The van der Waals surface area contributed by atoms with Crippen LogP contribution in [0.4, 0.5) is 0 Å². The second-order valence-corrected chi connectivity index (χ2v) is 6.75. The molecule has 5 heteroatoms. The number of thiazole rings is 1. The molecule has 0 amide bonds. The van der Waals surface area contributed by atoms with E-state index in [-0.39, 0.29) is 0 Å². The standard InChI is InChI=1S/C16H18N4S/c1-11-14(12-5-3-2-4-6-12)20-15(18-19-16(20)21-11)13-7-9-17-10-8-13/h2-6,13,17H,7-10H2,1H3. The van der Waals surface area contributed by atoms with E-state index in [0.717, 1.165) is 36.7 Å². The van der Waals surface area contributed by atoms with Gasteiger partial charge >= 0.3 is 0 Å². The number of benzene rings is 1. The molecule has 0 bridgehead atoms. The fourth-order valence-corrected chi connectivity index (χ4v) is 4.11. The normalized spacial score (nSPS) is 16.6. The van der Waals surface area contributed by atoms with Gasteiger partial charge in [-0.2, -0.15) is 0 Å². The van der Waals surface area contributed by atoms with E-state index in [1.165, 1.54) is 16.1 Å². The summed E-state index contributed by atoms with van der Waals surface area (Å²) in [5.41, 5.74) is 2.50. The van der Waals surface area contributed by atoms with Gasteiger partial charge in [0.05, 0.1) is 5.69 Å². The molecule has 3 heterocycles. The Labute approximate surface area is 127 Å². The summed E-state index contributed by atoms with van der Waals surface area (Å²) in [6.07, 6.45) is 2.29. The summed E-state index contributed by atoms with van der Waals surface area (Å²) >= 11 is 1.73. The Morgan fingerprint density at radius 2 is 1.90 bits per heavy atom. The minimum absolute atomic E-state index is 0.512. The van der Waals surface area contributed by atoms with Crippen LogP contribution in [0.1, 0.15) is 29.5 Å². The van der Waals surface area contributed by atoms with E-state index < -0.39 is 0 Å². The lowest BCUT2D eigenvalue weighted by atomic mass is 9.97. The Balaban J connectivity index is 1.90. The monoisotopic (exact) mass is 298 g/mol. The molecule has 1 N–H and O–H groups in total. The number of hydrogen-bond donors (Lipinski definition) is 1. The van der Waals surface area contributed by atoms with E-state index in [2.05, 4.69) is 57.2 Å². The predicted molar refractivity (Wildman–Crippen MR) is 85.9 cm³/mol. The van der Waals surface area contributed by atoms with Crippen LogP contribution in [0.2, 0.25) is 0 Å². The maximum Gasteiger partial charge on any atom is 0.216 e. The number of aromatic nitrogens is 3. The van der Waals surface area contributed by atoms with Crippen molar-refractivity contribution < 1.29 is 0 Å². The number of aryl methyl sites for hydroxylation is 1. The summed E-state index contributed by atoms with van der Waals surface area (Å²) in [5, 5.41) is 12.3. The van der Waals surface area contributed by atoms with Gasteiger partial charge in [-0.15, -0.1) is 10.2 Å². The van der Waals surface area contributed by atoms with E-state index >= 15 is 0 Å². The smallest absolute Gasteiger partial charge is 0.216 e. The Morgan fingerprint density at radius 3 is 2.67 bits per heavy atom. The van der Waals surface area contributed by atoms with Crippen LogP contribution in [-0.4, -0.2) is 27.7 Å². The fourth-order valence-electron chi connectivity index (χ4n) is 3.17. The molecule has 4 nitrogen and oxygen atoms in total. The third kappa shape index (κ3) is 2.17. The Hall–Kier alpha value is -1.72. The lowest BCUT2D eigenvalue weighted by molar-refractivity contribution is 0.443. The molecule has 1 saturated heterocycles. The molecule has 1 aromatic carbocycles. The molecule has 1 aliphatic heterocycles. The quantitative estimate of drug-likeness (QED) is 0.790. The Kier molecular flexibility index (Phi) is 3.24. The van der Waals surface area contributed by atoms with Gasteiger partial charge in [-0.3, -0.25) is 4.40 Å². The number of nitrogens with zero attached hydrogens (tertiary/aromatic N) is 3. The first-order chi connectivity index (χ1) is 10.3. The van der Waals surface area contributed by atoms with Crippen molar-refractivity contribution in [1.82, 2.24) is 19.9 Å². The van der Waals surface area contributed by atoms with Crippen molar-refractivity contribution in [3.63, 3.8) is 0 Å². The van der Waals surface area contributed by atoms with Gasteiger partial charge in [0, 0.05) is 10.8 Å². The number of nitrogens with one attached hydrogen (secondary N) is 1. The highest BCUT2D eigenvalue weighted by Crippen LogP contribution is 2.34. The summed E-state index contributed by atoms with van der Waals surface area (Å²) in [6, 6.07) is 10.6. The van der Waals surface area contributed by atoms with Crippen LogP contribution in [0, 0.1) is 6.92 Å². The number of hydrogen-bond acceptors (Lipinski definition) is 4. The summed E-state index contributed by atoms with van der Waals surface area (Å²) in [6.45, 7) is 4.32. The molecule has 1 aliphatic rings. The second-order valence-electron chi connectivity index (χ2n) is 5.57. The highest BCUT2D eigenvalue weighted by Gasteiger charge is 2.24. The van der Waals surface area contributed by atoms with Crippen molar-refractivity contribution in [2.75, 3.05) is 13.1 Å². The zero-order valence-corrected chi connectivity index (χ0v) is 12.9. The van der Waals surface area contributed by atoms with Gasteiger partial charge in [0.15, 0.2) is 0 Å². The summed E-state index contributed by atoms with van der Waals surface area (Å²) in [4.78, 5) is 2.32. The molecule has 0 saturated carbocycles. The number of rotatable bonds is 2. The van der Waals surface area contributed by atoms with Gasteiger partial charge in [0.1, 0.15) is 5.82 Å².